The van der Waals surface area contributed by atoms with Crippen molar-refractivity contribution in [3.8, 4) is 22.3 Å². The van der Waals surface area contributed by atoms with Crippen molar-refractivity contribution in [2.45, 2.75) is 6.54 Å². The van der Waals surface area contributed by atoms with Crippen LogP contribution in [-0.4, -0.2) is 26.3 Å². The number of para-hydroxylation sites is 1. The summed E-state index contributed by atoms with van der Waals surface area (Å²) in [4.78, 5) is 14.9. The van der Waals surface area contributed by atoms with Gasteiger partial charge >= 0.3 is 0 Å². The molecule has 2 N–H and O–H groups in total. The number of hydrogen-bond donors (Lipinski definition) is 1. The van der Waals surface area contributed by atoms with E-state index in [4.69, 9.17) is 14.9 Å². The molecule has 0 spiro atoms. The molecule has 5 nitrogen and oxygen atoms in total. The predicted octanol–water partition coefficient (Wildman–Crippen LogP) is 4.42. The van der Waals surface area contributed by atoms with Gasteiger partial charge < -0.3 is 19.8 Å². The second kappa shape index (κ2) is 8.38. The highest BCUT2D eigenvalue weighted by molar-refractivity contribution is 5.93. The van der Waals surface area contributed by atoms with Crippen molar-refractivity contribution in [3.05, 3.63) is 88.6 Å². The molecule has 31 heavy (non-hydrogen) atoms. The van der Waals surface area contributed by atoms with E-state index in [1.807, 2.05) is 42.5 Å². The smallest absolute Gasteiger partial charge is 0.200 e. The van der Waals surface area contributed by atoms with E-state index < -0.39 is 0 Å². The van der Waals surface area contributed by atoms with Gasteiger partial charge in [-0.25, -0.2) is 0 Å². The van der Waals surface area contributed by atoms with Crippen LogP contribution in [0.2, 0.25) is 0 Å². The fourth-order valence-electron chi connectivity index (χ4n) is 4.03. The van der Waals surface area contributed by atoms with Gasteiger partial charge in [0.05, 0.1) is 18.6 Å². The molecule has 0 bridgehead atoms. The summed E-state index contributed by atoms with van der Waals surface area (Å²) in [5.74, 6) is 0.599. The summed E-state index contributed by atoms with van der Waals surface area (Å²) in [7, 11) is 0. The third kappa shape index (κ3) is 3.85. The maximum absolute atomic E-state index is 12.8. The zero-order valence-electron chi connectivity index (χ0n) is 17.2. The molecule has 156 valence electrons. The van der Waals surface area contributed by atoms with Crippen LogP contribution in [0.3, 0.4) is 0 Å². The zero-order chi connectivity index (χ0) is 21.2. The summed E-state index contributed by atoms with van der Waals surface area (Å²) < 4.78 is 11.7. The number of morpholine rings is 1. The number of hydrogen-bond acceptors (Lipinski definition) is 5. The van der Waals surface area contributed by atoms with Crippen LogP contribution in [0.5, 0.6) is 0 Å². The Morgan fingerprint density at radius 2 is 1.58 bits per heavy atom. The number of benzene rings is 3. The Hall–Kier alpha value is -3.41. The minimum atomic E-state index is -0.0295. The number of fused-ring (bicyclic) bond motifs is 1. The van der Waals surface area contributed by atoms with E-state index in [1.165, 1.54) is 0 Å². The molecule has 2 heterocycles. The Labute approximate surface area is 180 Å². The van der Waals surface area contributed by atoms with Gasteiger partial charge in [-0.3, -0.25) is 4.79 Å². The first-order valence-electron chi connectivity index (χ1n) is 10.5. The fourth-order valence-corrected chi connectivity index (χ4v) is 4.03. The standard InChI is InChI=1S/C26H24N2O3/c27-17-18-7-9-19(10-8-18)20-3-1-4-21(15-20)22-5-2-6-23-24(29)16-25(31-26(22)23)28-11-13-30-14-12-28/h1-10,15-16H,11-14,17,27H2. The van der Waals surface area contributed by atoms with Crippen molar-refractivity contribution in [2.75, 3.05) is 31.2 Å². The van der Waals surface area contributed by atoms with Gasteiger partial charge in [-0.1, -0.05) is 54.6 Å². The van der Waals surface area contributed by atoms with E-state index in [0.717, 1.165) is 27.8 Å². The summed E-state index contributed by atoms with van der Waals surface area (Å²) in [6.45, 7) is 3.22. The summed E-state index contributed by atoms with van der Waals surface area (Å²) in [6.07, 6.45) is 0. The van der Waals surface area contributed by atoms with E-state index in [0.29, 0.717) is 49.7 Å². The zero-order valence-corrected chi connectivity index (χ0v) is 17.2. The molecule has 0 atom stereocenters. The van der Waals surface area contributed by atoms with Gasteiger partial charge in [-0.2, -0.15) is 0 Å². The number of anilines is 1. The van der Waals surface area contributed by atoms with E-state index in [2.05, 4.69) is 29.2 Å². The fraction of sp³-hybridized carbons (Fsp3) is 0.192. The van der Waals surface area contributed by atoms with Crippen LogP contribution in [0.15, 0.2) is 82.0 Å². The lowest BCUT2D eigenvalue weighted by atomic mass is 9.97. The molecule has 1 saturated heterocycles. The molecule has 5 heteroatoms. The largest absolute Gasteiger partial charge is 0.440 e. The maximum Gasteiger partial charge on any atom is 0.200 e. The van der Waals surface area contributed by atoms with Gasteiger partial charge in [0, 0.05) is 31.3 Å². The third-order valence-electron chi connectivity index (χ3n) is 5.76. The Kier molecular flexibility index (Phi) is 5.28. The van der Waals surface area contributed by atoms with Crippen molar-refractivity contribution < 1.29 is 9.15 Å². The van der Waals surface area contributed by atoms with Crippen LogP contribution < -0.4 is 16.1 Å². The Morgan fingerprint density at radius 3 is 2.35 bits per heavy atom. The van der Waals surface area contributed by atoms with E-state index in [9.17, 15) is 4.79 Å². The Morgan fingerprint density at radius 1 is 0.839 bits per heavy atom. The molecule has 3 aromatic carbocycles. The molecule has 0 amide bonds. The SMILES string of the molecule is NCc1ccc(-c2cccc(-c3cccc4c(=O)cc(N5CCOCC5)oc34)c2)cc1. The van der Waals surface area contributed by atoms with Gasteiger partial charge in [-0.15, -0.1) is 0 Å². The Balaban J connectivity index is 1.61. The summed E-state index contributed by atoms with van der Waals surface area (Å²) in [5.41, 5.74) is 11.6. The topological polar surface area (TPSA) is 68.7 Å². The number of nitrogens with two attached hydrogens (primary N) is 1. The third-order valence-corrected chi connectivity index (χ3v) is 5.76. The molecule has 0 saturated carbocycles. The van der Waals surface area contributed by atoms with Crippen molar-refractivity contribution in [1.29, 1.82) is 0 Å². The first-order chi connectivity index (χ1) is 15.2. The average molecular weight is 412 g/mol. The van der Waals surface area contributed by atoms with Crippen molar-refractivity contribution >= 4 is 16.9 Å². The minimum Gasteiger partial charge on any atom is -0.440 e. The van der Waals surface area contributed by atoms with Crippen LogP contribution in [0, 0.1) is 0 Å². The van der Waals surface area contributed by atoms with Gasteiger partial charge in [0.15, 0.2) is 11.3 Å². The maximum atomic E-state index is 12.8. The summed E-state index contributed by atoms with van der Waals surface area (Å²) >= 11 is 0. The molecule has 0 aliphatic carbocycles. The van der Waals surface area contributed by atoms with Gasteiger partial charge in [0.25, 0.3) is 0 Å². The lowest BCUT2D eigenvalue weighted by molar-refractivity contribution is 0.121. The molecule has 1 aromatic heterocycles. The Bertz CT molecular complexity index is 1270. The normalized spacial score (nSPS) is 14.2. The number of nitrogens with zero attached hydrogens (tertiary/aromatic N) is 1. The van der Waals surface area contributed by atoms with Crippen LogP contribution >= 0.6 is 0 Å². The van der Waals surface area contributed by atoms with Crippen molar-refractivity contribution in [2.24, 2.45) is 5.73 Å². The average Bonchev–Trinajstić information content (AvgIpc) is 2.84. The molecule has 1 fully saturated rings. The van der Waals surface area contributed by atoms with Crippen LogP contribution in [0.1, 0.15) is 5.56 Å². The summed E-state index contributed by atoms with van der Waals surface area (Å²) in [6, 6.07) is 23.9. The molecule has 0 radical (unpaired) electrons. The second-order valence-electron chi connectivity index (χ2n) is 7.71. The van der Waals surface area contributed by atoms with E-state index in [-0.39, 0.29) is 5.43 Å². The van der Waals surface area contributed by atoms with Crippen LogP contribution in [0.4, 0.5) is 5.88 Å². The van der Waals surface area contributed by atoms with Gasteiger partial charge in [-0.05, 0) is 34.4 Å². The molecular formula is C26H24N2O3. The highest BCUT2D eigenvalue weighted by Crippen LogP contribution is 2.32. The van der Waals surface area contributed by atoms with Gasteiger partial charge in [0.1, 0.15) is 5.58 Å². The lowest BCUT2D eigenvalue weighted by Gasteiger charge is -2.27. The minimum absolute atomic E-state index is 0.0295. The molecular weight excluding hydrogens is 388 g/mol. The summed E-state index contributed by atoms with van der Waals surface area (Å²) in [5, 5.41) is 0.590. The van der Waals surface area contributed by atoms with Crippen LogP contribution in [0.25, 0.3) is 33.2 Å². The quantitative estimate of drug-likeness (QED) is 0.537. The second-order valence-corrected chi connectivity index (χ2v) is 7.71. The molecule has 0 unspecified atom stereocenters. The molecule has 1 aliphatic heterocycles. The highest BCUT2D eigenvalue weighted by Gasteiger charge is 2.17. The first-order valence-corrected chi connectivity index (χ1v) is 10.5. The lowest BCUT2D eigenvalue weighted by Crippen LogP contribution is -2.36. The monoisotopic (exact) mass is 412 g/mol. The number of ether oxygens (including phenoxy) is 1. The van der Waals surface area contributed by atoms with E-state index in [1.54, 1.807) is 6.07 Å². The molecule has 1 aliphatic rings. The highest BCUT2D eigenvalue weighted by atomic mass is 16.5. The first kappa shape index (κ1) is 19.5. The van der Waals surface area contributed by atoms with E-state index >= 15 is 0 Å². The number of rotatable bonds is 4. The molecule has 4 aromatic rings. The van der Waals surface area contributed by atoms with Crippen molar-refractivity contribution in [1.82, 2.24) is 0 Å². The predicted molar refractivity (Wildman–Crippen MR) is 124 cm³/mol. The van der Waals surface area contributed by atoms with Gasteiger partial charge in [0.2, 0.25) is 0 Å². The molecule has 5 rings (SSSR count). The van der Waals surface area contributed by atoms with Crippen molar-refractivity contribution in [3.63, 3.8) is 0 Å². The van der Waals surface area contributed by atoms with Crippen LogP contribution in [-0.2, 0) is 11.3 Å².